The van der Waals surface area contributed by atoms with Crippen LogP contribution in [0.15, 0.2) is 29.2 Å². The van der Waals surface area contributed by atoms with E-state index in [0.717, 1.165) is 6.07 Å². The molecule has 0 unspecified atom stereocenters. The fourth-order valence-electron chi connectivity index (χ4n) is 1.05. The minimum atomic E-state index is -3.36. The first kappa shape index (κ1) is 11.1. The predicted molar refractivity (Wildman–Crippen MR) is 52.1 cm³/mol. The standard InChI is InChI=1S/C9H12FNO2S/c10-8-3-1-4-9(7-8)14(12,13)6-2-5-11/h1,3-4,7H,2,5-6,11H2. The van der Waals surface area contributed by atoms with Crippen molar-refractivity contribution in [3.05, 3.63) is 30.1 Å². The molecule has 3 nitrogen and oxygen atoms in total. The highest BCUT2D eigenvalue weighted by Crippen LogP contribution is 2.12. The van der Waals surface area contributed by atoms with E-state index in [1.807, 2.05) is 0 Å². The second-order valence-corrected chi connectivity index (χ2v) is 5.03. The Balaban J connectivity index is 2.93. The highest BCUT2D eigenvalue weighted by molar-refractivity contribution is 7.91. The molecule has 0 aliphatic heterocycles. The van der Waals surface area contributed by atoms with E-state index in [4.69, 9.17) is 5.73 Å². The van der Waals surface area contributed by atoms with Gasteiger partial charge in [0.2, 0.25) is 0 Å². The third-order valence-electron chi connectivity index (χ3n) is 1.77. The molecule has 0 aromatic heterocycles. The lowest BCUT2D eigenvalue weighted by Gasteiger charge is -2.02. The molecule has 0 atom stereocenters. The Kier molecular flexibility index (Phi) is 3.60. The van der Waals surface area contributed by atoms with E-state index in [1.165, 1.54) is 18.2 Å². The summed E-state index contributed by atoms with van der Waals surface area (Å²) in [6.45, 7) is 0.314. The molecule has 0 spiro atoms. The number of nitrogens with two attached hydrogens (primary N) is 1. The zero-order valence-electron chi connectivity index (χ0n) is 7.61. The second kappa shape index (κ2) is 4.52. The van der Waals surface area contributed by atoms with Gasteiger partial charge in [0.1, 0.15) is 5.82 Å². The fraction of sp³-hybridized carbons (Fsp3) is 0.333. The van der Waals surface area contributed by atoms with Gasteiger partial charge < -0.3 is 5.73 Å². The van der Waals surface area contributed by atoms with Crippen LogP contribution in [-0.2, 0) is 9.84 Å². The molecule has 0 amide bonds. The normalized spacial score (nSPS) is 11.6. The Bertz CT molecular complexity index is 403. The first-order valence-electron chi connectivity index (χ1n) is 4.24. The van der Waals surface area contributed by atoms with Crippen molar-refractivity contribution < 1.29 is 12.8 Å². The third-order valence-corrected chi connectivity index (χ3v) is 3.57. The van der Waals surface area contributed by atoms with Crippen LogP contribution in [0.3, 0.4) is 0 Å². The predicted octanol–water partition coefficient (Wildman–Crippen LogP) is 0.948. The number of halogens is 1. The lowest BCUT2D eigenvalue weighted by molar-refractivity contribution is 0.588. The van der Waals surface area contributed by atoms with Crippen molar-refractivity contribution in [3.63, 3.8) is 0 Å². The second-order valence-electron chi connectivity index (χ2n) is 2.92. The summed E-state index contributed by atoms with van der Waals surface area (Å²) >= 11 is 0. The van der Waals surface area contributed by atoms with Crippen LogP contribution in [0.25, 0.3) is 0 Å². The number of benzene rings is 1. The summed E-state index contributed by atoms with van der Waals surface area (Å²) in [6.07, 6.45) is 0.388. The molecule has 0 fully saturated rings. The molecule has 1 aromatic carbocycles. The van der Waals surface area contributed by atoms with E-state index in [0.29, 0.717) is 13.0 Å². The van der Waals surface area contributed by atoms with Crippen LogP contribution >= 0.6 is 0 Å². The first-order chi connectivity index (χ1) is 6.56. The highest BCUT2D eigenvalue weighted by atomic mass is 32.2. The van der Waals surface area contributed by atoms with Crippen molar-refractivity contribution in [3.8, 4) is 0 Å². The Morgan fingerprint density at radius 1 is 1.36 bits per heavy atom. The molecule has 78 valence electrons. The van der Waals surface area contributed by atoms with Gasteiger partial charge in [-0.05, 0) is 31.2 Å². The zero-order valence-corrected chi connectivity index (χ0v) is 8.43. The zero-order chi connectivity index (χ0) is 10.6. The third kappa shape index (κ3) is 2.78. The SMILES string of the molecule is NCCCS(=O)(=O)c1cccc(F)c1. The molecule has 0 radical (unpaired) electrons. The van der Waals surface area contributed by atoms with Gasteiger partial charge in [-0.15, -0.1) is 0 Å². The van der Waals surface area contributed by atoms with Crippen LogP contribution in [0.5, 0.6) is 0 Å². The largest absolute Gasteiger partial charge is 0.330 e. The van der Waals surface area contributed by atoms with Crippen molar-refractivity contribution in [1.82, 2.24) is 0 Å². The van der Waals surface area contributed by atoms with E-state index >= 15 is 0 Å². The van der Waals surface area contributed by atoms with Gasteiger partial charge in [-0.1, -0.05) is 6.07 Å². The smallest absolute Gasteiger partial charge is 0.178 e. The molecule has 0 saturated heterocycles. The summed E-state index contributed by atoms with van der Waals surface area (Å²) in [5.41, 5.74) is 5.21. The number of rotatable bonds is 4. The Morgan fingerprint density at radius 3 is 2.64 bits per heavy atom. The van der Waals surface area contributed by atoms with Gasteiger partial charge in [0.05, 0.1) is 10.6 Å². The van der Waals surface area contributed by atoms with Crippen LogP contribution < -0.4 is 5.73 Å². The van der Waals surface area contributed by atoms with Crippen LogP contribution in [-0.4, -0.2) is 20.7 Å². The number of hydrogen-bond acceptors (Lipinski definition) is 3. The Labute approximate surface area is 82.7 Å². The monoisotopic (exact) mass is 217 g/mol. The van der Waals surface area contributed by atoms with E-state index < -0.39 is 15.7 Å². The molecule has 5 heteroatoms. The average Bonchev–Trinajstić information content (AvgIpc) is 2.15. The van der Waals surface area contributed by atoms with Crippen LogP contribution in [0.1, 0.15) is 6.42 Å². The Morgan fingerprint density at radius 2 is 2.07 bits per heavy atom. The van der Waals surface area contributed by atoms with E-state index in [1.54, 1.807) is 0 Å². The first-order valence-corrected chi connectivity index (χ1v) is 5.90. The topological polar surface area (TPSA) is 60.2 Å². The van der Waals surface area contributed by atoms with Gasteiger partial charge in [-0.2, -0.15) is 0 Å². The minimum absolute atomic E-state index is 0.0194. The molecule has 0 aliphatic carbocycles. The lowest BCUT2D eigenvalue weighted by atomic mass is 10.4. The molecule has 1 rings (SSSR count). The molecule has 14 heavy (non-hydrogen) atoms. The van der Waals surface area contributed by atoms with E-state index in [2.05, 4.69) is 0 Å². The molecule has 0 heterocycles. The van der Waals surface area contributed by atoms with Gasteiger partial charge in [0, 0.05) is 0 Å². The Hall–Kier alpha value is -0.940. The summed E-state index contributed by atoms with van der Waals surface area (Å²) in [7, 11) is -3.36. The van der Waals surface area contributed by atoms with Gasteiger partial charge in [-0.3, -0.25) is 0 Å². The van der Waals surface area contributed by atoms with Crippen molar-refractivity contribution in [1.29, 1.82) is 0 Å². The van der Waals surface area contributed by atoms with Crippen molar-refractivity contribution in [2.24, 2.45) is 5.73 Å². The maximum atomic E-state index is 12.7. The fourth-order valence-corrected chi connectivity index (χ4v) is 2.41. The summed E-state index contributed by atoms with van der Waals surface area (Å²) in [4.78, 5) is 0.0194. The molecular formula is C9H12FNO2S. The van der Waals surface area contributed by atoms with Crippen molar-refractivity contribution >= 4 is 9.84 Å². The lowest BCUT2D eigenvalue weighted by Crippen LogP contribution is -2.11. The quantitative estimate of drug-likeness (QED) is 0.816. The van der Waals surface area contributed by atoms with Crippen molar-refractivity contribution in [2.75, 3.05) is 12.3 Å². The minimum Gasteiger partial charge on any atom is -0.330 e. The number of hydrogen-bond donors (Lipinski definition) is 1. The summed E-state index contributed by atoms with van der Waals surface area (Å²) in [6, 6.07) is 4.99. The van der Waals surface area contributed by atoms with Crippen LogP contribution in [0.4, 0.5) is 4.39 Å². The van der Waals surface area contributed by atoms with Gasteiger partial charge in [0.15, 0.2) is 9.84 Å². The van der Waals surface area contributed by atoms with E-state index in [9.17, 15) is 12.8 Å². The van der Waals surface area contributed by atoms with E-state index in [-0.39, 0.29) is 10.6 Å². The van der Waals surface area contributed by atoms with Gasteiger partial charge in [0.25, 0.3) is 0 Å². The molecule has 2 N–H and O–H groups in total. The highest BCUT2D eigenvalue weighted by Gasteiger charge is 2.13. The number of sulfone groups is 1. The molecule has 0 aliphatic rings. The summed E-state index contributed by atoms with van der Waals surface area (Å²) < 4.78 is 35.8. The van der Waals surface area contributed by atoms with Gasteiger partial charge in [-0.25, -0.2) is 12.8 Å². The summed E-state index contributed by atoms with van der Waals surface area (Å²) in [5.74, 6) is -0.578. The maximum absolute atomic E-state index is 12.7. The molecule has 0 bridgehead atoms. The van der Waals surface area contributed by atoms with Gasteiger partial charge >= 0.3 is 0 Å². The summed E-state index contributed by atoms with van der Waals surface area (Å²) in [5, 5.41) is 0. The van der Waals surface area contributed by atoms with Crippen molar-refractivity contribution in [2.45, 2.75) is 11.3 Å². The average molecular weight is 217 g/mol. The van der Waals surface area contributed by atoms with Crippen LogP contribution in [0, 0.1) is 5.82 Å². The molecular weight excluding hydrogens is 205 g/mol. The molecule has 0 saturated carbocycles. The maximum Gasteiger partial charge on any atom is 0.178 e. The van der Waals surface area contributed by atoms with Crippen LogP contribution in [0.2, 0.25) is 0 Å². The molecule has 1 aromatic rings.